The molecule has 8 nitrogen and oxygen atoms in total. The lowest BCUT2D eigenvalue weighted by Gasteiger charge is -2.23. The lowest BCUT2D eigenvalue weighted by molar-refractivity contribution is -0.129. The Labute approximate surface area is 152 Å². The van der Waals surface area contributed by atoms with E-state index in [-0.39, 0.29) is 24.2 Å². The van der Waals surface area contributed by atoms with Gasteiger partial charge in [-0.1, -0.05) is 18.2 Å². The smallest absolute Gasteiger partial charge is 0.493 e. The Morgan fingerprint density at radius 3 is 2.96 bits per heavy atom. The predicted octanol–water partition coefficient (Wildman–Crippen LogP) is -0.00640. The van der Waals surface area contributed by atoms with Crippen LogP contribution in [0.25, 0.3) is 0 Å². The molecule has 3 N–H and O–H groups in total. The first-order valence-electron chi connectivity index (χ1n) is 8.83. The molecule has 1 saturated heterocycles. The summed E-state index contributed by atoms with van der Waals surface area (Å²) in [5.41, 5.74) is 1.01. The number of nitrogens with one attached hydrogen (secondary N) is 1. The number of fused-ring (bicyclic) bond motifs is 1. The lowest BCUT2D eigenvalue weighted by Crippen LogP contribution is -2.43. The SMILES string of the molecule is O=C(CCN1CCCC1=O)N[C@@H](C[C@@H]1COc2ccccc21)OB(O)O. The van der Waals surface area contributed by atoms with Crippen molar-refractivity contribution in [2.75, 3.05) is 19.7 Å². The molecule has 9 heteroatoms. The van der Waals surface area contributed by atoms with Crippen LogP contribution in [0.2, 0.25) is 0 Å². The first kappa shape index (κ1) is 18.7. The van der Waals surface area contributed by atoms with Gasteiger partial charge in [-0.2, -0.15) is 0 Å². The maximum absolute atomic E-state index is 12.2. The Bertz CT molecular complexity index is 656. The van der Waals surface area contributed by atoms with E-state index in [1.54, 1.807) is 4.90 Å². The molecule has 26 heavy (non-hydrogen) atoms. The highest BCUT2D eigenvalue weighted by atomic mass is 16.6. The van der Waals surface area contributed by atoms with E-state index in [0.717, 1.165) is 17.7 Å². The molecule has 0 bridgehead atoms. The molecule has 1 aromatic rings. The molecule has 0 aromatic heterocycles. The number of ether oxygens (including phenoxy) is 1. The van der Waals surface area contributed by atoms with Gasteiger partial charge in [-0.25, -0.2) is 0 Å². The summed E-state index contributed by atoms with van der Waals surface area (Å²) in [6.07, 6.45) is 0.986. The van der Waals surface area contributed by atoms with Crippen molar-refractivity contribution in [3.05, 3.63) is 29.8 Å². The first-order chi connectivity index (χ1) is 12.5. The third-order valence-electron chi connectivity index (χ3n) is 4.69. The van der Waals surface area contributed by atoms with Crippen LogP contribution < -0.4 is 10.1 Å². The molecule has 2 aliphatic rings. The Kier molecular flexibility index (Phi) is 6.13. The van der Waals surface area contributed by atoms with Crippen LogP contribution in [-0.2, 0) is 14.2 Å². The molecule has 140 valence electrons. The van der Waals surface area contributed by atoms with Crippen molar-refractivity contribution in [3.8, 4) is 5.75 Å². The van der Waals surface area contributed by atoms with Crippen LogP contribution in [0.1, 0.15) is 37.2 Å². The highest BCUT2D eigenvalue weighted by Crippen LogP contribution is 2.36. The van der Waals surface area contributed by atoms with Crippen LogP contribution in [0.3, 0.4) is 0 Å². The van der Waals surface area contributed by atoms with Gasteiger partial charge in [-0.3, -0.25) is 9.59 Å². The molecule has 2 amide bonds. The number of rotatable bonds is 8. The molecule has 0 aliphatic carbocycles. The maximum Gasteiger partial charge on any atom is 0.635 e. The second-order valence-corrected chi connectivity index (χ2v) is 6.53. The Morgan fingerprint density at radius 2 is 2.23 bits per heavy atom. The summed E-state index contributed by atoms with van der Waals surface area (Å²) in [5.74, 6) is 0.536. The molecule has 3 rings (SSSR count). The van der Waals surface area contributed by atoms with Gasteiger partial charge in [-0.05, 0) is 12.5 Å². The lowest BCUT2D eigenvalue weighted by atomic mass is 9.96. The van der Waals surface area contributed by atoms with E-state index in [1.165, 1.54) is 0 Å². The third-order valence-corrected chi connectivity index (χ3v) is 4.69. The summed E-state index contributed by atoms with van der Waals surface area (Å²) in [6.45, 7) is 1.48. The molecule has 2 atom stereocenters. The van der Waals surface area contributed by atoms with Gasteiger partial charge < -0.3 is 29.7 Å². The average Bonchev–Trinajstić information content (AvgIpc) is 3.19. The second kappa shape index (κ2) is 8.53. The molecule has 1 fully saturated rings. The molecular formula is C17H23BN2O6. The predicted molar refractivity (Wildman–Crippen MR) is 92.9 cm³/mol. The Morgan fingerprint density at radius 1 is 1.42 bits per heavy atom. The topological polar surface area (TPSA) is 108 Å². The van der Waals surface area contributed by atoms with Gasteiger partial charge in [0, 0.05) is 43.8 Å². The fraction of sp³-hybridized carbons (Fsp3) is 0.529. The van der Waals surface area contributed by atoms with Gasteiger partial charge in [0.1, 0.15) is 12.0 Å². The largest absolute Gasteiger partial charge is 0.635 e. The molecule has 2 aliphatic heterocycles. The highest BCUT2D eigenvalue weighted by Gasteiger charge is 2.30. The normalized spacial score (nSPS) is 19.8. The summed E-state index contributed by atoms with van der Waals surface area (Å²) in [4.78, 5) is 25.4. The van der Waals surface area contributed by atoms with Crippen molar-refractivity contribution in [2.24, 2.45) is 0 Å². The number of nitrogens with zero attached hydrogens (tertiary/aromatic N) is 1. The summed E-state index contributed by atoms with van der Waals surface area (Å²) >= 11 is 0. The van der Waals surface area contributed by atoms with Crippen molar-refractivity contribution in [3.63, 3.8) is 0 Å². The van der Waals surface area contributed by atoms with Gasteiger partial charge in [0.05, 0.1) is 6.61 Å². The second-order valence-electron chi connectivity index (χ2n) is 6.53. The highest BCUT2D eigenvalue weighted by molar-refractivity contribution is 6.32. The molecular weight excluding hydrogens is 339 g/mol. The number of likely N-dealkylation sites (tertiary alicyclic amines) is 1. The van der Waals surface area contributed by atoms with E-state index >= 15 is 0 Å². The molecule has 0 radical (unpaired) electrons. The number of amides is 2. The van der Waals surface area contributed by atoms with Crippen LogP contribution >= 0.6 is 0 Å². The first-order valence-corrected chi connectivity index (χ1v) is 8.83. The van der Waals surface area contributed by atoms with Crippen molar-refractivity contribution >= 4 is 19.1 Å². The minimum atomic E-state index is -1.99. The van der Waals surface area contributed by atoms with Crippen molar-refractivity contribution in [1.29, 1.82) is 0 Å². The standard InChI is InChI=1S/C17H23BN2O6/c21-15(7-9-20-8-3-6-17(20)22)19-16(26-18(23)24)10-12-11-25-14-5-2-1-4-13(12)14/h1-2,4-5,12,16,23-24H,3,6-11H2,(H,19,21)/t12-,16-/m1/s1. The molecule has 2 heterocycles. The Balaban J connectivity index is 1.54. The fourth-order valence-corrected chi connectivity index (χ4v) is 3.41. The van der Waals surface area contributed by atoms with Gasteiger partial charge in [0.15, 0.2) is 0 Å². The fourth-order valence-electron chi connectivity index (χ4n) is 3.41. The van der Waals surface area contributed by atoms with Gasteiger partial charge in [0.25, 0.3) is 0 Å². The number of carbonyl (C=O) groups is 2. The zero-order valence-corrected chi connectivity index (χ0v) is 14.5. The molecule has 0 saturated carbocycles. The van der Waals surface area contributed by atoms with Crippen LogP contribution in [0.15, 0.2) is 24.3 Å². The average molecular weight is 362 g/mol. The molecule has 0 spiro atoms. The van der Waals surface area contributed by atoms with E-state index in [4.69, 9.17) is 19.4 Å². The van der Waals surface area contributed by atoms with E-state index in [2.05, 4.69) is 5.32 Å². The summed E-state index contributed by atoms with van der Waals surface area (Å²) in [5, 5.41) is 21.0. The van der Waals surface area contributed by atoms with Crippen LogP contribution in [0, 0.1) is 0 Å². The molecule has 1 aromatic carbocycles. The van der Waals surface area contributed by atoms with Gasteiger partial charge >= 0.3 is 7.32 Å². The van der Waals surface area contributed by atoms with Gasteiger partial charge in [0.2, 0.25) is 11.8 Å². The number of benzene rings is 1. The number of carbonyl (C=O) groups excluding carboxylic acids is 2. The summed E-state index contributed by atoms with van der Waals surface area (Å²) < 4.78 is 10.6. The Hall–Kier alpha value is -2.10. The van der Waals surface area contributed by atoms with Crippen molar-refractivity contribution in [1.82, 2.24) is 10.2 Å². The molecule has 0 unspecified atom stereocenters. The van der Waals surface area contributed by atoms with E-state index in [9.17, 15) is 9.59 Å². The number of hydrogen-bond donors (Lipinski definition) is 3. The van der Waals surface area contributed by atoms with Gasteiger partial charge in [-0.15, -0.1) is 0 Å². The number of hydrogen-bond acceptors (Lipinski definition) is 6. The maximum atomic E-state index is 12.2. The van der Waals surface area contributed by atoms with Crippen molar-refractivity contribution in [2.45, 2.75) is 37.8 Å². The quantitative estimate of drug-likeness (QED) is 0.444. The monoisotopic (exact) mass is 362 g/mol. The number of para-hydroxylation sites is 1. The summed E-state index contributed by atoms with van der Waals surface area (Å²) in [7, 11) is -1.99. The van der Waals surface area contributed by atoms with E-state index < -0.39 is 13.5 Å². The third kappa shape index (κ3) is 4.75. The zero-order valence-electron chi connectivity index (χ0n) is 14.5. The zero-order chi connectivity index (χ0) is 18.5. The van der Waals surface area contributed by atoms with Crippen LogP contribution in [0.4, 0.5) is 0 Å². The van der Waals surface area contributed by atoms with E-state index in [0.29, 0.717) is 32.5 Å². The van der Waals surface area contributed by atoms with E-state index in [1.807, 2.05) is 24.3 Å². The van der Waals surface area contributed by atoms with Crippen LogP contribution in [0.5, 0.6) is 5.75 Å². The van der Waals surface area contributed by atoms with Crippen LogP contribution in [-0.4, -0.2) is 60.0 Å². The van der Waals surface area contributed by atoms with Crippen molar-refractivity contribution < 1.29 is 29.0 Å². The minimum absolute atomic E-state index is 0.0181. The minimum Gasteiger partial charge on any atom is -0.493 e. The summed E-state index contributed by atoms with van der Waals surface area (Å²) in [6, 6.07) is 7.61.